The first-order valence-corrected chi connectivity index (χ1v) is 9.97. The molecule has 0 aliphatic carbocycles. The predicted molar refractivity (Wildman–Crippen MR) is 114 cm³/mol. The van der Waals surface area contributed by atoms with E-state index in [0.29, 0.717) is 0 Å². The fourth-order valence-corrected chi connectivity index (χ4v) is 3.56. The Kier molecular flexibility index (Phi) is 6.82. The molecule has 0 aromatic heterocycles. The zero-order valence-corrected chi connectivity index (χ0v) is 16.6. The minimum absolute atomic E-state index is 0.0111. The maximum absolute atomic E-state index is 12.4. The normalized spacial score (nSPS) is 14.6. The lowest BCUT2D eigenvalue weighted by atomic mass is 10.0. The minimum atomic E-state index is 0.0111. The summed E-state index contributed by atoms with van der Waals surface area (Å²) >= 11 is 5.53. The lowest BCUT2D eigenvalue weighted by molar-refractivity contribution is 0.0922. The van der Waals surface area contributed by atoms with Crippen LogP contribution in [0.3, 0.4) is 0 Å². The minimum Gasteiger partial charge on any atom is -0.362 e. The summed E-state index contributed by atoms with van der Waals surface area (Å²) in [5, 5.41) is 7.32. The number of amides is 1. The van der Waals surface area contributed by atoms with E-state index in [2.05, 4.69) is 39.8 Å². The summed E-state index contributed by atoms with van der Waals surface area (Å²) in [6.07, 6.45) is 2.79. The molecule has 2 aromatic rings. The zero-order valence-electron chi connectivity index (χ0n) is 15.8. The van der Waals surface area contributed by atoms with Crippen LogP contribution in [0.1, 0.15) is 34.3 Å². The maximum atomic E-state index is 12.4. The monoisotopic (exact) mass is 381 g/mol. The average Bonchev–Trinajstić information content (AvgIpc) is 2.70. The van der Waals surface area contributed by atoms with Crippen LogP contribution in [0.2, 0.25) is 0 Å². The fourth-order valence-electron chi connectivity index (χ4n) is 3.27. The van der Waals surface area contributed by atoms with Gasteiger partial charge >= 0.3 is 0 Å². The number of likely N-dealkylation sites (tertiary alicyclic amines) is 1. The number of nitrogens with one attached hydrogen (secondary N) is 2. The second-order valence-corrected chi connectivity index (χ2v) is 7.46. The number of rotatable bonds is 5. The Balaban J connectivity index is 1.38. The summed E-state index contributed by atoms with van der Waals surface area (Å²) in [5.41, 5.74) is 3.19. The third-order valence-electron chi connectivity index (χ3n) is 4.96. The summed E-state index contributed by atoms with van der Waals surface area (Å²) in [7, 11) is 0. The molecule has 1 aliphatic heterocycles. The van der Waals surface area contributed by atoms with E-state index in [1.165, 1.54) is 5.56 Å². The first-order chi connectivity index (χ1) is 13.1. The van der Waals surface area contributed by atoms with Crippen LogP contribution in [0.5, 0.6) is 0 Å². The summed E-state index contributed by atoms with van der Waals surface area (Å²) in [4.78, 5) is 14.6. The Morgan fingerprint density at radius 3 is 2.41 bits per heavy atom. The third-order valence-corrected chi connectivity index (χ3v) is 5.37. The lowest BCUT2D eigenvalue weighted by Gasteiger charge is -2.34. The highest BCUT2D eigenvalue weighted by Gasteiger charge is 2.22. The molecule has 1 aliphatic rings. The number of nitrogens with zero attached hydrogens (tertiary/aromatic N) is 1. The van der Waals surface area contributed by atoms with E-state index < -0.39 is 0 Å². The molecule has 4 nitrogen and oxygen atoms in total. The van der Waals surface area contributed by atoms with Gasteiger partial charge in [-0.05, 0) is 56.1 Å². The van der Waals surface area contributed by atoms with Crippen molar-refractivity contribution in [3.8, 4) is 0 Å². The molecule has 0 saturated carbocycles. The van der Waals surface area contributed by atoms with Crippen molar-refractivity contribution in [1.82, 2.24) is 15.5 Å². The summed E-state index contributed by atoms with van der Waals surface area (Å²) < 4.78 is 0. The van der Waals surface area contributed by atoms with Gasteiger partial charge in [0.25, 0.3) is 5.91 Å². The van der Waals surface area contributed by atoms with Crippen LogP contribution in [0.15, 0.2) is 54.6 Å². The van der Waals surface area contributed by atoms with Gasteiger partial charge in [-0.2, -0.15) is 0 Å². The molecule has 142 valence electrons. The Morgan fingerprint density at radius 2 is 1.74 bits per heavy atom. The van der Waals surface area contributed by atoms with Crippen LogP contribution in [0, 0.1) is 6.92 Å². The highest BCUT2D eigenvalue weighted by Crippen LogP contribution is 2.12. The second kappa shape index (κ2) is 9.51. The van der Waals surface area contributed by atoms with Crippen molar-refractivity contribution in [1.29, 1.82) is 0 Å². The molecule has 1 heterocycles. The average molecular weight is 382 g/mol. The molecule has 0 unspecified atom stereocenters. The van der Waals surface area contributed by atoms with E-state index in [0.717, 1.165) is 55.1 Å². The maximum Gasteiger partial charge on any atom is 0.251 e. The van der Waals surface area contributed by atoms with Gasteiger partial charge in [0.05, 0.1) is 0 Å². The highest BCUT2D eigenvalue weighted by molar-refractivity contribution is 7.80. The van der Waals surface area contributed by atoms with Crippen molar-refractivity contribution in [3.05, 3.63) is 71.3 Å². The SMILES string of the molecule is Cc1ccc(C(=O)NC2CCN(C(=S)NCCc3ccccc3)CC2)cc1. The molecule has 0 bridgehead atoms. The van der Waals surface area contributed by atoms with Gasteiger partial charge in [-0.1, -0.05) is 48.0 Å². The molecule has 1 saturated heterocycles. The zero-order chi connectivity index (χ0) is 19.1. The number of aryl methyl sites for hydroxylation is 1. The Bertz CT molecular complexity index is 753. The quantitative estimate of drug-likeness (QED) is 0.780. The van der Waals surface area contributed by atoms with Crippen LogP contribution in [-0.2, 0) is 6.42 Å². The Hall–Kier alpha value is -2.40. The van der Waals surface area contributed by atoms with E-state index in [4.69, 9.17) is 12.2 Å². The number of hydrogen-bond acceptors (Lipinski definition) is 2. The molecule has 5 heteroatoms. The van der Waals surface area contributed by atoms with E-state index in [9.17, 15) is 4.79 Å². The Morgan fingerprint density at radius 1 is 1.07 bits per heavy atom. The lowest BCUT2D eigenvalue weighted by Crippen LogP contribution is -2.49. The van der Waals surface area contributed by atoms with Gasteiger partial charge in [0.2, 0.25) is 0 Å². The standard InChI is InChI=1S/C22H27N3OS/c1-17-7-9-19(10-8-17)21(26)24-20-12-15-25(16-13-20)22(27)23-14-11-18-5-3-2-4-6-18/h2-10,20H,11-16H2,1H3,(H,23,27)(H,24,26). The van der Waals surface area contributed by atoms with Crippen LogP contribution >= 0.6 is 12.2 Å². The fraction of sp³-hybridized carbons (Fsp3) is 0.364. The number of thiocarbonyl (C=S) groups is 1. The molecule has 2 aromatic carbocycles. The van der Waals surface area contributed by atoms with Crippen molar-refractivity contribution >= 4 is 23.2 Å². The summed E-state index contributed by atoms with van der Waals surface area (Å²) in [5.74, 6) is 0.0111. The molecule has 2 N–H and O–H groups in total. The van der Waals surface area contributed by atoms with Gasteiger partial charge in [0, 0.05) is 31.2 Å². The van der Waals surface area contributed by atoms with Crippen molar-refractivity contribution < 1.29 is 4.79 Å². The van der Waals surface area contributed by atoms with E-state index >= 15 is 0 Å². The van der Waals surface area contributed by atoms with E-state index in [1.807, 2.05) is 37.3 Å². The van der Waals surface area contributed by atoms with Gasteiger partial charge < -0.3 is 15.5 Å². The number of benzene rings is 2. The molecule has 0 radical (unpaired) electrons. The summed E-state index contributed by atoms with van der Waals surface area (Å²) in [6, 6.07) is 18.3. The molecule has 27 heavy (non-hydrogen) atoms. The molecule has 1 amide bonds. The molecule has 0 atom stereocenters. The molecule has 0 spiro atoms. The largest absolute Gasteiger partial charge is 0.362 e. The van der Waals surface area contributed by atoms with Gasteiger partial charge in [-0.25, -0.2) is 0 Å². The number of carbonyl (C=O) groups excluding carboxylic acids is 1. The number of carbonyl (C=O) groups is 1. The van der Waals surface area contributed by atoms with Crippen LogP contribution in [0.4, 0.5) is 0 Å². The second-order valence-electron chi connectivity index (χ2n) is 7.07. The van der Waals surface area contributed by atoms with Crippen molar-refractivity contribution in [2.24, 2.45) is 0 Å². The third kappa shape index (κ3) is 5.79. The summed E-state index contributed by atoms with van der Waals surface area (Å²) in [6.45, 7) is 4.60. The highest BCUT2D eigenvalue weighted by atomic mass is 32.1. The van der Waals surface area contributed by atoms with Crippen molar-refractivity contribution in [2.45, 2.75) is 32.2 Å². The Labute approximate surface area is 167 Å². The first kappa shape index (κ1) is 19.4. The topological polar surface area (TPSA) is 44.4 Å². The van der Waals surface area contributed by atoms with Crippen LogP contribution in [-0.4, -0.2) is 41.6 Å². The molecule has 3 rings (SSSR count). The van der Waals surface area contributed by atoms with Gasteiger partial charge in [-0.3, -0.25) is 4.79 Å². The first-order valence-electron chi connectivity index (χ1n) is 9.56. The van der Waals surface area contributed by atoms with Crippen molar-refractivity contribution in [2.75, 3.05) is 19.6 Å². The number of piperidine rings is 1. The van der Waals surface area contributed by atoms with E-state index in [1.54, 1.807) is 0 Å². The molecule has 1 fully saturated rings. The van der Waals surface area contributed by atoms with Crippen LogP contribution < -0.4 is 10.6 Å². The molecular formula is C22H27N3OS. The van der Waals surface area contributed by atoms with E-state index in [-0.39, 0.29) is 11.9 Å². The predicted octanol–water partition coefficient (Wildman–Crippen LogP) is 3.31. The smallest absolute Gasteiger partial charge is 0.251 e. The molecular weight excluding hydrogens is 354 g/mol. The van der Waals surface area contributed by atoms with Crippen LogP contribution in [0.25, 0.3) is 0 Å². The number of hydrogen-bond donors (Lipinski definition) is 2. The van der Waals surface area contributed by atoms with Gasteiger partial charge in [0.1, 0.15) is 0 Å². The van der Waals surface area contributed by atoms with Gasteiger partial charge in [-0.15, -0.1) is 0 Å². The van der Waals surface area contributed by atoms with Gasteiger partial charge in [0.15, 0.2) is 5.11 Å². The van der Waals surface area contributed by atoms with Crippen molar-refractivity contribution in [3.63, 3.8) is 0 Å².